The van der Waals surface area contributed by atoms with Gasteiger partial charge in [0, 0.05) is 30.9 Å². The molecule has 0 spiro atoms. The monoisotopic (exact) mass is 337 g/mol. The molecule has 2 heterocycles. The standard InChI is InChI=1S/C16H28BN3O4/c1-15(2)16(3,4)24-17(23-15)13-11-19-20(12-13)10-8-6-5-7-9-18-14(21)22/h11-12,18H,5-10H2,1-4H3,(H,21,22). The molecule has 1 amide bonds. The highest BCUT2D eigenvalue weighted by atomic mass is 16.7. The summed E-state index contributed by atoms with van der Waals surface area (Å²) < 4.78 is 14.0. The fourth-order valence-corrected chi connectivity index (χ4v) is 2.55. The summed E-state index contributed by atoms with van der Waals surface area (Å²) >= 11 is 0. The summed E-state index contributed by atoms with van der Waals surface area (Å²) in [5.41, 5.74) is 0.257. The maximum atomic E-state index is 10.3. The number of carbonyl (C=O) groups is 1. The first kappa shape index (κ1) is 18.8. The van der Waals surface area contributed by atoms with Crippen LogP contribution in [0.3, 0.4) is 0 Å². The van der Waals surface area contributed by atoms with E-state index in [0.29, 0.717) is 6.54 Å². The molecule has 1 saturated heterocycles. The fourth-order valence-electron chi connectivity index (χ4n) is 2.55. The summed E-state index contributed by atoms with van der Waals surface area (Å²) in [6, 6.07) is 0. The van der Waals surface area contributed by atoms with Gasteiger partial charge in [-0.25, -0.2) is 4.79 Å². The Hall–Kier alpha value is -1.54. The minimum absolute atomic E-state index is 0.343. The Bertz CT molecular complexity index is 543. The first-order valence-electron chi connectivity index (χ1n) is 8.56. The molecule has 0 bridgehead atoms. The second-order valence-electron chi connectivity index (χ2n) is 7.27. The highest BCUT2D eigenvalue weighted by molar-refractivity contribution is 6.61. The van der Waals surface area contributed by atoms with E-state index < -0.39 is 6.09 Å². The molecule has 1 fully saturated rings. The molecule has 0 atom stereocenters. The molecule has 1 aromatic rings. The SMILES string of the molecule is CC1(C)OB(c2cnn(CCCCCCNC(=O)O)c2)OC1(C)C. The molecular formula is C16H28BN3O4. The topological polar surface area (TPSA) is 85.6 Å². The number of aromatic nitrogens is 2. The highest BCUT2D eigenvalue weighted by Gasteiger charge is 2.52. The van der Waals surface area contributed by atoms with E-state index in [2.05, 4.69) is 10.4 Å². The molecule has 0 aliphatic carbocycles. The minimum atomic E-state index is -0.957. The molecule has 2 rings (SSSR count). The van der Waals surface area contributed by atoms with E-state index in [9.17, 15) is 4.79 Å². The lowest BCUT2D eigenvalue weighted by molar-refractivity contribution is 0.00578. The van der Waals surface area contributed by atoms with Gasteiger partial charge in [0.25, 0.3) is 0 Å². The van der Waals surface area contributed by atoms with Gasteiger partial charge in [0.2, 0.25) is 0 Å². The molecule has 24 heavy (non-hydrogen) atoms. The smallest absolute Gasteiger partial charge is 0.465 e. The molecular weight excluding hydrogens is 309 g/mol. The lowest BCUT2D eigenvalue weighted by atomic mass is 9.82. The van der Waals surface area contributed by atoms with Crippen LogP contribution in [0.2, 0.25) is 0 Å². The van der Waals surface area contributed by atoms with Crippen LogP contribution in [0.15, 0.2) is 12.4 Å². The van der Waals surface area contributed by atoms with Gasteiger partial charge in [-0.2, -0.15) is 5.10 Å². The maximum absolute atomic E-state index is 10.3. The van der Waals surface area contributed by atoms with E-state index in [1.807, 2.05) is 38.6 Å². The first-order valence-corrected chi connectivity index (χ1v) is 8.56. The van der Waals surface area contributed by atoms with Crippen LogP contribution >= 0.6 is 0 Å². The van der Waals surface area contributed by atoms with Crippen LogP contribution < -0.4 is 10.8 Å². The van der Waals surface area contributed by atoms with Crippen LogP contribution in [0.25, 0.3) is 0 Å². The van der Waals surface area contributed by atoms with Crippen LogP contribution in [0.5, 0.6) is 0 Å². The third-order valence-corrected chi connectivity index (χ3v) is 4.77. The number of hydrogen-bond donors (Lipinski definition) is 2. The molecule has 0 saturated carbocycles. The number of carboxylic acid groups (broad SMARTS) is 1. The summed E-state index contributed by atoms with van der Waals surface area (Å²) in [4.78, 5) is 10.3. The van der Waals surface area contributed by atoms with Gasteiger partial charge in [-0.1, -0.05) is 12.8 Å². The molecule has 134 valence electrons. The lowest BCUT2D eigenvalue weighted by Gasteiger charge is -2.32. The summed E-state index contributed by atoms with van der Waals surface area (Å²) in [6.45, 7) is 9.51. The lowest BCUT2D eigenvalue weighted by Crippen LogP contribution is -2.41. The van der Waals surface area contributed by atoms with Crippen LogP contribution in [0, 0.1) is 0 Å². The average molecular weight is 337 g/mol. The number of nitrogens with one attached hydrogen (secondary N) is 1. The molecule has 2 N–H and O–H groups in total. The van der Waals surface area contributed by atoms with E-state index in [4.69, 9.17) is 14.4 Å². The van der Waals surface area contributed by atoms with Gasteiger partial charge in [-0.15, -0.1) is 0 Å². The summed E-state index contributed by atoms with van der Waals surface area (Å²) in [5, 5.41) is 15.2. The van der Waals surface area contributed by atoms with Crippen molar-refractivity contribution < 1.29 is 19.2 Å². The summed E-state index contributed by atoms with van der Waals surface area (Å²) in [7, 11) is -0.370. The third-order valence-electron chi connectivity index (χ3n) is 4.77. The van der Waals surface area contributed by atoms with Crippen LogP contribution in [-0.4, -0.2) is 45.8 Å². The van der Waals surface area contributed by atoms with Crippen molar-refractivity contribution in [3.63, 3.8) is 0 Å². The number of amides is 1. The van der Waals surface area contributed by atoms with Crippen molar-refractivity contribution in [2.45, 2.75) is 71.1 Å². The Morgan fingerprint density at radius 3 is 2.46 bits per heavy atom. The van der Waals surface area contributed by atoms with Crippen LogP contribution in [0.4, 0.5) is 4.79 Å². The predicted octanol–water partition coefficient (Wildman–Crippen LogP) is 2.01. The Morgan fingerprint density at radius 2 is 1.83 bits per heavy atom. The van der Waals surface area contributed by atoms with Gasteiger partial charge in [-0.3, -0.25) is 4.68 Å². The first-order chi connectivity index (χ1) is 11.2. The predicted molar refractivity (Wildman–Crippen MR) is 92.4 cm³/mol. The molecule has 0 unspecified atom stereocenters. The highest BCUT2D eigenvalue weighted by Crippen LogP contribution is 2.36. The van der Waals surface area contributed by atoms with E-state index in [-0.39, 0.29) is 18.3 Å². The summed E-state index contributed by atoms with van der Waals surface area (Å²) in [5.74, 6) is 0. The van der Waals surface area contributed by atoms with E-state index >= 15 is 0 Å². The number of rotatable bonds is 8. The van der Waals surface area contributed by atoms with E-state index in [1.165, 1.54) is 0 Å². The quantitative estimate of drug-likeness (QED) is 0.560. The van der Waals surface area contributed by atoms with Gasteiger partial charge >= 0.3 is 13.2 Å². The van der Waals surface area contributed by atoms with Crippen molar-refractivity contribution in [3.8, 4) is 0 Å². The third kappa shape index (κ3) is 4.74. The second-order valence-corrected chi connectivity index (χ2v) is 7.27. The van der Waals surface area contributed by atoms with Crippen molar-refractivity contribution in [2.75, 3.05) is 6.54 Å². The Balaban J connectivity index is 1.71. The van der Waals surface area contributed by atoms with Gasteiger partial charge in [-0.05, 0) is 40.5 Å². The Labute approximate surface area is 143 Å². The molecule has 0 aromatic carbocycles. The second kappa shape index (κ2) is 7.57. The molecule has 8 heteroatoms. The van der Waals surface area contributed by atoms with E-state index in [1.54, 1.807) is 6.20 Å². The number of hydrogen-bond acceptors (Lipinski definition) is 4. The van der Waals surface area contributed by atoms with Gasteiger partial charge < -0.3 is 19.7 Å². The largest absolute Gasteiger partial charge is 0.498 e. The Kier molecular flexibility index (Phi) is 5.93. The zero-order valence-electron chi connectivity index (χ0n) is 15.0. The van der Waals surface area contributed by atoms with Crippen molar-refractivity contribution in [1.29, 1.82) is 0 Å². The average Bonchev–Trinajstić information content (AvgIpc) is 3.00. The fraction of sp³-hybridized carbons (Fsp3) is 0.750. The van der Waals surface area contributed by atoms with Crippen molar-refractivity contribution >= 4 is 18.7 Å². The summed E-state index contributed by atoms with van der Waals surface area (Å²) in [6.07, 6.45) is 6.76. The van der Waals surface area contributed by atoms with Crippen molar-refractivity contribution in [3.05, 3.63) is 12.4 Å². The maximum Gasteiger partial charge on any atom is 0.498 e. The Morgan fingerprint density at radius 1 is 1.21 bits per heavy atom. The van der Waals surface area contributed by atoms with Crippen molar-refractivity contribution in [2.24, 2.45) is 0 Å². The molecule has 1 aliphatic heterocycles. The number of aryl methyl sites for hydroxylation is 1. The minimum Gasteiger partial charge on any atom is -0.465 e. The normalized spacial score (nSPS) is 18.8. The molecule has 7 nitrogen and oxygen atoms in total. The number of unbranched alkanes of at least 4 members (excludes halogenated alkanes) is 3. The van der Waals surface area contributed by atoms with Gasteiger partial charge in [0.05, 0.1) is 11.2 Å². The number of nitrogens with zero attached hydrogens (tertiary/aromatic N) is 2. The van der Waals surface area contributed by atoms with Crippen molar-refractivity contribution in [1.82, 2.24) is 15.1 Å². The zero-order valence-corrected chi connectivity index (χ0v) is 15.0. The van der Waals surface area contributed by atoms with E-state index in [0.717, 1.165) is 37.7 Å². The molecule has 1 aliphatic rings. The van der Waals surface area contributed by atoms with Gasteiger partial charge in [0.1, 0.15) is 0 Å². The molecule has 1 aromatic heterocycles. The molecule has 0 radical (unpaired) electrons. The van der Waals surface area contributed by atoms with Crippen LogP contribution in [-0.2, 0) is 15.9 Å². The zero-order chi connectivity index (χ0) is 17.8. The van der Waals surface area contributed by atoms with Crippen LogP contribution in [0.1, 0.15) is 53.4 Å². The van der Waals surface area contributed by atoms with Gasteiger partial charge in [0.15, 0.2) is 0 Å².